The van der Waals surface area contributed by atoms with Crippen LogP contribution in [0.1, 0.15) is 36.8 Å². The highest BCUT2D eigenvalue weighted by Gasteiger charge is 2.30. The quantitative estimate of drug-likeness (QED) is 0.249. The van der Waals surface area contributed by atoms with Crippen molar-refractivity contribution in [1.29, 1.82) is 5.26 Å². The number of aryl methyl sites for hydroxylation is 1. The fourth-order valence-corrected chi connectivity index (χ4v) is 5.57. The molecule has 1 aliphatic rings. The Morgan fingerprint density at radius 2 is 1.70 bits per heavy atom. The highest BCUT2D eigenvalue weighted by Crippen LogP contribution is 2.31. The van der Waals surface area contributed by atoms with Gasteiger partial charge in [0, 0.05) is 61.1 Å². The van der Waals surface area contributed by atoms with Gasteiger partial charge in [-0.3, -0.25) is 9.58 Å². The molecule has 3 heterocycles. The second kappa shape index (κ2) is 13.1. The van der Waals surface area contributed by atoms with E-state index in [0.717, 1.165) is 48.1 Å². The molecule has 0 atom stereocenters. The van der Waals surface area contributed by atoms with Crippen LogP contribution in [0.15, 0.2) is 91.9 Å². The zero-order valence-corrected chi connectivity index (χ0v) is 24.3. The molecule has 1 aliphatic carbocycles. The number of nitrogens with one attached hydrogen (secondary N) is 2. The fourth-order valence-electron chi connectivity index (χ4n) is 5.57. The number of anilines is 2. The third kappa shape index (κ3) is 6.55. The molecule has 2 amide bonds. The van der Waals surface area contributed by atoms with Crippen molar-refractivity contribution in [2.75, 3.05) is 10.2 Å². The molecule has 11 heteroatoms. The molecule has 5 aromatic rings. The Bertz CT molecular complexity index is 1740. The summed E-state index contributed by atoms with van der Waals surface area (Å²) in [7, 11) is 1.90. The third-order valence-corrected chi connectivity index (χ3v) is 7.83. The number of aromatic nitrogens is 6. The number of benzene rings is 2. The first-order chi connectivity index (χ1) is 21.6. The van der Waals surface area contributed by atoms with Crippen LogP contribution in [0.5, 0.6) is 0 Å². The lowest BCUT2D eigenvalue weighted by atomic mass is 9.90. The Kier molecular flexibility index (Phi) is 8.50. The van der Waals surface area contributed by atoms with Crippen LogP contribution >= 0.6 is 0 Å². The molecule has 0 bridgehead atoms. The van der Waals surface area contributed by atoms with Crippen molar-refractivity contribution >= 4 is 17.7 Å². The minimum atomic E-state index is -0.121. The van der Waals surface area contributed by atoms with Gasteiger partial charge < -0.3 is 10.6 Å². The Balaban J connectivity index is 1.17. The van der Waals surface area contributed by atoms with Crippen molar-refractivity contribution in [3.8, 4) is 28.5 Å². The van der Waals surface area contributed by atoms with E-state index in [0.29, 0.717) is 29.3 Å². The molecule has 0 unspecified atom stereocenters. The molecule has 6 rings (SSSR count). The molecule has 0 spiro atoms. The van der Waals surface area contributed by atoms with E-state index in [2.05, 4.69) is 41.7 Å². The summed E-state index contributed by atoms with van der Waals surface area (Å²) in [5, 5.41) is 20.4. The van der Waals surface area contributed by atoms with Crippen molar-refractivity contribution in [1.82, 2.24) is 35.0 Å². The van der Waals surface area contributed by atoms with Crippen LogP contribution in [-0.2, 0) is 13.6 Å². The van der Waals surface area contributed by atoms with E-state index in [1.54, 1.807) is 17.1 Å². The Hall–Kier alpha value is -5.63. The lowest BCUT2D eigenvalue weighted by Gasteiger charge is -2.37. The molecule has 11 nitrogen and oxygen atoms in total. The molecule has 2 aromatic carbocycles. The molecule has 1 fully saturated rings. The zero-order valence-electron chi connectivity index (χ0n) is 24.3. The average Bonchev–Trinajstić information content (AvgIpc) is 3.52. The van der Waals surface area contributed by atoms with Crippen molar-refractivity contribution in [2.24, 2.45) is 7.05 Å². The Labute approximate surface area is 255 Å². The minimum absolute atomic E-state index is 0.0203. The first kappa shape index (κ1) is 28.5. The number of carbonyl (C=O) groups excluding carboxylic acids is 1. The van der Waals surface area contributed by atoms with Crippen LogP contribution in [0, 0.1) is 11.3 Å². The first-order valence-electron chi connectivity index (χ1n) is 14.6. The van der Waals surface area contributed by atoms with Crippen molar-refractivity contribution in [3.05, 3.63) is 103 Å². The van der Waals surface area contributed by atoms with Crippen LogP contribution in [0.2, 0.25) is 0 Å². The average molecular weight is 585 g/mol. The molecule has 44 heavy (non-hydrogen) atoms. The summed E-state index contributed by atoms with van der Waals surface area (Å²) in [6.45, 7) is 0.450. The number of rotatable bonds is 8. The maximum absolute atomic E-state index is 13.7. The van der Waals surface area contributed by atoms with Crippen LogP contribution in [0.3, 0.4) is 0 Å². The van der Waals surface area contributed by atoms with Crippen molar-refractivity contribution in [3.63, 3.8) is 0 Å². The Morgan fingerprint density at radius 3 is 2.39 bits per heavy atom. The van der Waals surface area contributed by atoms with Gasteiger partial charge in [0.25, 0.3) is 0 Å². The standard InChI is InChI=1S/C33H32N10O/c1-42-21-27(20-39-42)24-7-11-29(12-8-24)43(33(44)38-16-23-5-3-2-4-6-23)30-13-9-28(10-14-30)40-32-37-19-25(15-34)31(41-32)26-17-35-22-36-18-26/h2-8,11-12,17-22,28,30H,9-10,13-14,16H2,1H3,(H,38,44)(H,37,40,41). The molecule has 220 valence electrons. The van der Waals surface area contributed by atoms with Gasteiger partial charge in [0.1, 0.15) is 12.4 Å². The SMILES string of the molecule is Cn1cc(-c2ccc(N(C(=O)NCc3ccccc3)C3CCC(Nc4ncc(C#N)c(-c5cncnc5)n4)CC3)cc2)cn1. The van der Waals surface area contributed by atoms with Gasteiger partial charge in [-0.05, 0) is 48.9 Å². The summed E-state index contributed by atoms with van der Waals surface area (Å²) < 4.78 is 1.78. The van der Waals surface area contributed by atoms with Crippen LogP contribution < -0.4 is 15.5 Å². The first-order valence-corrected chi connectivity index (χ1v) is 14.6. The summed E-state index contributed by atoms with van der Waals surface area (Å²) >= 11 is 0. The number of urea groups is 1. The summed E-state index contributed by atoms with van der Waals surface area (Å²) in [4.78, 5) is 32.7. The van der Waals surface area contributed by atoms with Gasteiger partial charge in [0.2, 0.25) is 5.95 Å². The van der Waals surface area contributed by atoms with Gasteiger partial charge in [-0.15, -0.1) is 0 Å². The Morgan fingerprint density at radius 1 is 0.955 bits per heavy atom. The number of carbonyl (C=O) groups is 1. The lowest BCUT2D eigenvalue weighted by molar-refractivity contribution is 0.240. The molecule has 2 N–H and O–H groups in total. The topological polar surface area (TPSA) is 138 Å². The maximum Gasteiger partial charge on any atom is 0.322 e. The molecule has 1 saturated carbocycles. The molecule has 0 aliphatic heterocycles. The van der Waals surface area contributed by atoms with Crippen LogP contribution in [-0.4, -0.2) is 47.8 Å². The van der Waals surface area contributed by atoms with Gasteiger partial charge in [0.15, 0.2) is 0 Å². The smallest absolute Gasteiger partial charge is 0.322 e. The second-order valence-electron chi connectivity index (χ2n) is 10.8. The largest absolute Gasteiger partial charge is 0.351 e. The summed E-state index contributed by atoms with van der Waals surface area (Å²) in [5.41, 5.74) is 5.48. The molecular formula is C33H32N10O. The number of hydrogen-bond donors (Lipinski definition) is 2. The highest BCUT2D eigenvalue weighted by molar-refractivity contribution is 5.93. The van der Waals surface area contributed by atoms with Gasteiger partial charge >= 0.3 is 6.03 Å². The third-order valence-electron chi connectivity index (χ3n) is 7.83. The van der Waals surface area contributed by atoms with Gasteiger partial charge in [-0.25, -0.2) is 24.7 Å². The zero-order chi connectivity index (χ0) is 30.3. The number of nitriles is 1. The van der Waals surface area contributed by atoms with E-state index in [1.807, 2.05) is 78.9 Å². The van der Waals surface area contributed by atoms with E-state index in [1.165, 1.54) is 12.5 Å². The minimum Gasteiger partial charge on any atom is -0.351 e. The fraction of sp³-hybridized carbons (Fsp3) is 0.242. The van der Waals surface area contributed by atoms with Crippen molar-refractivity contribution < 1.29 is 4.79 Å². The monoisotopic (exact) mass is 584 g/mol. The highest BCUT2D eigenvalue weighted by atomic mass is 16.2. The van der Waals surface area contributed by atoms with E-state index < -0.39 is 0 Å². The summed E-state index contributed by atoms with van der Waals surface area (Å²) in [6, 6.07) is 20.2. The number of nitrogens with zero attached hydrogens (tertiary/aromatic N) is 8. The maximum atomic E-state index is 13.7. The number of amides is 2. The van der Waals surface area contributed by atoms with Crippen LogP contribution in [0.25, 0.3) is 22.4 Å². The molecule has 0 radical (unpaired) electrons. The van der Waals surface area contributed by atoms with Crippen molar-refractivity contribution in [2.45, 2.75) is 44.3 Å². The lowest BCUT2D eigenvalue weighted by Crippen LogP contribution is -2.48. The summed E-state index contributed by atoms with van der Waals surface area (Å²) in [5.74, 6) is 0.453. The van der Waals surface area contributed by atoms with E-state index in [9.17, 15) is 10.1 Å². The number of hydrogen-bond acceptors (Lipinski definition) is 8. The molecular weight excluding hydrogens is 552 g/mol. The van der Waals surface area contributed by atoms with E-state index in [-0.39, 0.29) is 18.1 Å². The van der Waals surface area contributed by atoms with Gasteiger partial charge in [0.05, 0.1) is 23.7 Å². The van der Waals surface area contributed by atoms with Crippen LogP contribution in [0.4, 0.5) is 16.4 Å². The molecule has 0 saturated heterocycles. The van der Waals surface area contributed by atoms with E-state index >= 15 is 0 Å². The van der Waals surface area contributed by atoms with E-state index in [4.69, 9.17) is 0 Å². The predicted molar refractivity (Wildman–Crippen MR) is 167 cm³/mol. The second-order valence-corrected chi connectivity index (χ2v) is 10.8. The predicted octanol–water partition coefficient (Wildman–Crippen LogP) is 5.35. The normalized spacial score (nSPS) is 16.1. The van der Waals surface area contributed by atoms with Gasteiger partial charge in [-0.1, -0.05) is 42.5 Å². The summed E-state index contributed by atoms with van der Waals surface area (Å²) in [6.07, 6.45) is 13.3. The molecule has 3 aromatic heterocycles. The van der Waals surface area contributed by atoms with Gasteiger partial charge in [-0.2, -0.15) is 10.4 Å².